The summed E-state index contributed by atoms with van der Waals surface area (Å²) in [6.07, 6.45) is -4.76. The van der Waals surface area contributed by atoms with Crippen molar-refractivity contribution in [1.82, 2.24) is 0 Å². The molecule has 0 radical (unpaired) electrons. The predicted octanol–water partition coefficient (Wildman–Crippen LogP) is 2.78. The Labute approximate surface area is 170 Å². The number of nitrogens with zero attached hydrogens (tertiary/aromatic N) is 1. The van der Waals surface area contributed by atoms with Gasteiger partial charge in [-0.1, -0.05) is 12.1 Å². The molecule has 0 atom stereocenters. The molecule has 12 heteroatoms. The van der Waals surface area contributed by atoms with E-state index in [1.807, 2.05) is 0 Å². The fraction of sp³-hybridized carbons (Fsp3) is 0.133. The van der Waals surface area contributed by atoms with Crippen molar-refractivity contribution >= 4 is 45.6 Å². The molecule has 0 saturated carbocycles. The van der Waals surface area contributed by atoms with Crippen LogP contribution in [0.1, 0.15) is 5.56 Å². The van der Waals surface area contributed by atoms with Crippen molar-refractivity contribution in [2.45, 2.75) is 17.8 Å². The van der Waals surface area contributed by atoms with Crippen LogP contribution in [0.5, 0.6) is 5.75 Å². The van der Waals surface area contributed by atoms with Crippen molar-refractivity contribution in [3.8, 4) is 5.75 Å². The first-order chi connectivity index (χ1) is 12.0. The van der Waals surface area contributed by atoms with E-state index in [0.717, 1.165) is 12.1 Å². The molecule has 7 nitrogen and oxygen atoms in total. The summed E-state index contributed by atoms with van der Waals surface area (Å²) >= 11 is 0. The number of halogens is 4. The van der Waals surface area contributed by atoms with Gasteiger partial charge in [0.15, 0.2) is 5.96 Å². The Morgan fingerprint density at radius 3 is 2.33 bits per heavy atom. The number of ether oxygens (including phenoxy) is 1. The summed E-state index contributed by atoms with van der Waals surface area (Å²) in [4.78, 5) is 3.99. The number of rotatable bonds is 5. The third kappa shape index (κ3) is 8.01. The van der Waals surface area contributed by atoms with Gasteiger partial charge < -0.3 is 15.8 Å². The van der Waals surface area contributed by atoms with E-state index < -0.39 is 16.4 Å². The molecule has 0 unspecified atom stereocenters. The zero-order valence-electron chi connectivity index (χ0n) is 13.6. The van der Waals surface area contributed by atoms with Crippen LogP contribution >= 0.6 is 24.0 Å². The van der Waals surface area contributed by atoms with Crippen LogP contribution in [0.3, 0.4) is 0 Å². The SMILES string of the molecule is I.NC(=NCc1cccc(S(N)(=O)=O)c1)Nc1ccc(OC(F)(F)F)cc1. The second-order valence-electron chi connectivity index (χ2n) is 5.09. The third-order valence-electron chi connectivity index (χ3n) is 3.02. The molecule has 0 spiro atoms. The van der Waals surface area contributed by atoms with E-state index in [9.17, 15) is 21.6 Å². The summed E-state index contributed by atoms with van der Waals surface area (Å²) in [5.74, 6) is -0.367. The number of benzene rings is 2. The van der Waals surface area contributed by atoms with Crippen LogP contribution in [0.25, 0.3) is 0 Å². The molecule has 0 aliphatic rings. The standard InChI is InChI=1S/C15H15F3N4O3S.HI/c16-15(17,18)25-12-6-4-11(5-7-12)22-14(19)21-9-10-2-1-3-13(8-10)26(20,23)24;/h1-8H,9H2,(H3,19,21,22)(H2,20,23,24);1H. The maximum atomic E-state index is 12.1. The smallest absolute Gasteiger partial charge is 0.406 e. The Morgan fingerprint density at radius 1 is 1.15 bits per heavy atom. The van der Waals surface area contributed by atoms with Crippen LogP contribution in [0.2, 0.25) is 0 Å². The van der Waals surface area contributed by atoms with Crippen LogP contribution in [-0.4, -0.2) is 20.7 Å². The number of hydrogen-bond donors (Lipinski definition) is 3. The van der Waals surface area contributed by atoms with E-state index >= 15 is 0 Å². The minimum absolute atomic E-state index is 0. The summed E-state index contributed by atoms with van der Waals surface area (Å²) in [6.45, 7) is 0.0808. The van der Waals surface area contributed by atoms with Gasteiger partial charge in [0.1, 0.15) is 5.75 Å². The van der Waals surface area contributed by atoms with Gasteiger partial charge in [-0.05, 0) is 42.0 Å². The van der Waals surface area contributed by atoms with E-state index in [-0.39, 0.29) is 47.1 Å². The highest BCUT2D eigenvalue weighted by atomic mass is 127. The molecule has 0 saturated heterocycles. The van der Waals surface area contributed by atoms with Crippen molar-refractivity contribution < 1.29 is 26.3 Å². The zero-order valence-corrected chi connectivity index (χ0v) is 16.7. The van der Waals surface area contributed by atoms with Crippen molar-refractivity contribution in [2.75, 3.05) is 5.32 Å². The average Bonchev–Trinajstić information content (AvgIpc) is 2.53. The van der Waals surface area contributed by atoms with Crippen LogP contribution in [0, 0.1) is 0 Å². The summed E-state index contributed by atoms with van der Waals surface area (Å²) in [5.41, 5.74) is 6.67. The fourth-order valence-corrected chi connectivity index (χ4v) is 2.51. The van der Waals surface area contributed by atoms with Crippen molar-refractivity contribution in [2.24, 2.45) is 15.9 Å². The molecular weight excluding hydrogens is 500 g/mol. The maximum absolute atomic E-state index is 12.1. The van der Waals surface area contributed by atoms with Gasteiger partial charge >= 0.3 is 6.36 Å². The third-order valence-corrected chi connectivity index (χ3v) is 3.93. The lowest BCUT2D eigenvalue weighted by Crippen LogP contribution is -2.22. The van der Waals surface area contributed by atoms with Crippen molar-refractivity contribution in [3.63, 3.8) is 0 Å². The Bertz CT molecular complexity index is 903. The number of nitrogens with two attached hydrogens (primary N) is 2. The molecule has 0 bridgehead atoms. The largest absolute Gasteiger partial charge is 0.573 e. The topological polar surface area (TPSA) is 120 Å². The van der Waals surface area contributed by atoms with Gasteiger partial charge in [-0.3, -0.25) is 0 Å². The van der Waals surface area contributed by atoms with E-state index in [0.29, 0.717) is 11.3 Å². The normalized spacial score (nSPS) is 12.2. The lowest BCUT2D eigenvalue weighted by Gasteiger charge is -2.10. The molecule has 0 aliphatic carbocycles. The number of nitrogens with one attached hydrogen (secondary N) is 1. The molecule has 2 rings (SSSR count). The highest BCUT2D eigenvalue weighted by molar-refractivity contribution is 14.0. The summed E-state index contributed by atoms with van der Waals surface area (Å²) in [6, 6.07) is 10.8. The van der Waals surface area contributed by atoms with Gasteiger partial charge in [-0.25, -0.2) is 18.5 Å². The highest BCUT2D eigenvalue weighted by Gasteiger charge is 2.30. The van der Waals surface area contributed by atoms with Crippen molar-refractivity contribution in [1.29, 1.82) is 0 Å². The summed E-state index contributed by atoms with van der Waals surface area (Å²) in [7, 11) is -3.82. The molecule has 148 valence electrons. The van der Waals surface area contributed by atoms with Crippen LogP contribution in [0.15, 0.2) is 58.4 Å². The second kappa shape index (κ2) is 9.23. The number of hydrogen-bond acceptors (Lipinski definition) is 4. The first-order valence-electron chi connectivity index (χ1n) is 7.07. The van der Waals surface area contributed by atoms with Gasteiger partial charge in [0, 0.05) is 5.69 Å². The molecule has 0 aliphatic heterocycles. The highest BCUT2D eigenvalue weighted by Crippen LogP contribution is 2.23. The first-order valence-corrected chi connectivity index (χ1v) is 8.62. The average molecular weight is 516 g/mol. The molecule has 0 heterocycles. The monoisotopic (exact) mass is 516 g/mol. The van der Waals surface area contributed by atoms with Gasteiger partial charge in [0.05, 0.1) is 11.4 Å². The van der Waals surface area contributed by atoms with Crippen LogP contribution in [0.4, 0.5) is 18.9 Å². The molecule has 0 aromatic heterocycles. The van der Waals surface area contributed by atoms with Gasteiger partial charge in [0.2, 0.25) is 10.0 Å². The van der Waals surface area contributed by atoms with Gasteiger partial charge in [-0.2, -0.15) is 0 Å². The fourth-order valence-electron chi connectivity index (χ4n) is 1.92. The number of sulfonamides is 1. The first kappa shape index (κ1) is 23.0. The number of guanidine groups is 1. The Hall–Kier alpha value is -2.06. The Kier molecular flexibility index (Phi) is 7.86. The summed E-state index contributed by atoms with van der Waals surface area (Å²) < 4.78 is 62.6. The number of primary sulfonamides is 1. The van der Waals surface area contributed by atoms with E-state index in [2.05, 4.69) is 15.0 Å². The van der Waals surface area contributed by atoms with E-state index in [4.69, 9.17) is 10.9 Å². The minimum atomic E-state index is -4.76. The van der Waals surface area contributed by atoms with Crippen LogP contribution < -0.4 is 20.9 Å². The molecule has 0 fully saturated rings. The Balaban J connectivity index is 0.00000364. The van der Waals surface area contributed by atoms with E-state index in [1.165, 1.54) is 30.3 Å². The quantitative estimate of drug-likeness (QED) is 0.321. The zero-order chi connectivity index (χ0) is 19.4. The molecule has 27 heavy (non-hydrogen) atoms. The van der Waals surface area contributed by atoms with Crippen molar-refractivity contribution in [3.05, 3.63) is 54.1 Å². The molecule has 5 N–H and O–H groups in total. The molecular formula is C15H16F3IN4O3S. The Morgan fingerprint density at radius 2 is 1.78 bits per heavy atom. The predicted molar refractivity (Wildman–Crippen MR) is 105 cm³/mol. The second-order valence-corrected chi connectivity index (χ2v) is 6.65. The number of alkyl halides is 3. The maximum Gasteiger partial charge on any atom is 0.573 e. The van der Waals surface area contributed by atoms with Crippen LogP contribution in [-0.2, 0) is 16.6 Å². The molecule has 2 aromatic rings. The lowest BCUT2D eigenvalue weighted by molar-refractivity contribution is -0.274. The molecule has 2 aromatic carbocycles. The number of anilines is 1. The summed E-state index contributed by atoms with van der Waals surface area (Å²) in [5, 5.41) is 7.75. The minimum Gasteiger partial charge on any atom is -0.406 e. The van der Waals surface area contributed by atoms with E-state index in [1.54, 1.807) is 6.07 Å². The lowest BCUT2D eigenvalue weighted by atomic mass is 10.2. The van der Waals surface area contributed by atoms with Gasteiger partial charge in [-0.15, -0.1) is 37.1 Å². The van der Waals surface area contributed by atoms with Gasteiger partial charge in [0.25, 0.3) is 0 Å². The molecule has 0 amide bonds. The number of aliphatic imine (C=N–C) groups is 1.